The van der Waals surface area contributed by atoms with Crippen LogP contribution in [0.15, 0.2) is 34.9 Å². The molecule has 0 radical (unpaired) electrons. The maximum Gasteiger partial charge on any atom is 0.331 e. The van der Waals surface area contributed by atoms with Gasteiger partial charge in [0.1, 0.15) is 17.1 Å². The summed E-state index contributed by atoms with van der Waals surface area (Å²) in [6.45, 7) is 0. The molecule has 3 rings (SSSR count). The second kappa shape index (κ2) is 7.04. The molecule has 0 unspecified atom stereocenters. The fraction of sp³-hybridized carbons (Fsp3) is 0.389. The van der Waals surface area contributed by atoms with Gasteiger partial charge in [-0.05, 0) is 25.0 Å². The summed E-state index contributed by atoms with van der Waals surface area (Å²) in [7, 11) is 1.31. The third-order valence-electron chi connectivity index (χ3n) is 4.49. The fourth-order valence-corrected chi connectivity index (χ4v) is 3.18. The molecule has 1 aromatic carbocycles. The molecular weight excluding hydrogens is 327 g/mol. The number of amides is 1. The zero-order chi connectivity index (χ0) is 17.9. The van der Waals surface area contributed by atoms with Gasteiger partial charge >= 0.3 is 5.97 Å². The summed E-state index contributed by atoms with van der Waals surface area (Å²) in [6.07, 6.45) is 3.73. The Hall–Kier alpha value is -2.70. The monoisotopic (exact) mass is 346 g/mol. The minimum absolute atomic E-state index is 0.0342. The Balaban J connectivity index is 1.80. The normalized spacial score (nSPS) is 16.2. The molecule has 0 atom stereocenters. The molecule has 1 aliphatic carbocycles. The number of carbonyl (C=O) groups is 2. The molecule has 7 heteroatoms. The molecule has 1 saturated carbocycles. The van der Waals surface area contributed by atoms with Crippen LogP contribution in [0, 0.1) is 5.82 Å². The van der Waals surface area contributed by atoms with Gasteiger partial charge in [-0.3, -0.25) is 4.79 Å². The van der Waals surface area contributed by atoms with Crippen LogP contribution in [0.3, 0.4) is 0 Å². The first kappa shape index (κ1) is 17.1. The van der Waals surface area contributed by atoms with Crippen LogP contribution in [0.2, 0.25) is 0 Å². The second-order valence-electron chi connectivity index (χ2n) is 6.18. The van der Waals surface area contributed by atoms with Gasteiger partial charge in [0, 0.05) is 11.6 Å². The predicted octanol–water partition coefficient (Wildman–Crippen LogP) is 3.09. The highest BCUT2D eigenvalue weighted by atomic mass is 19.1. The van der Waals surface area contributed by atoms with E-state index in [2.05, 4.69) is 10.5 Å². The Morgan fingerprint density at radius 1 is 1.24 bits per heavy atom. The molecule has 25 heavy (non-hydrogen) atoms. The number of methoxy groups -OCH3 is 1. The Morgan fingerprint density at radius 2 is 2.00 bits per heavy atom. The molecule has 1 heterocycles. The number of aromatic nitrogens is 1. The van der Waals surface area contributed by atoms with Gasteiger partial charge in [-0.15, -0.1) is 0 Å². The summed E-state index contributed by atoms with van der Waals surface area (Å²) in [5.74, 6) is -1.43. The first-order valence-electron chi connectivity index (χ1n) is 8.18. The maximum absolute atomic E-state index is 13.3. The van der Waals surface area contributed by atoms with E-state index in [0.717, 1.165) is 19.3 Å². The van der Waals surface area contributed by atoms with Crippen LogP contribution in [0.1, 0.15) is 42.7 Å². The lowest BCUT2D eigenvalue weighted by atomic mass is 9.81. The van der Waals surface area contributed by atoms with Crippen molar-refractivity contribution in [2.24, 2.45) is 0 Å². The Labute approximate surface area is 144 Å². The lowest BCUT2D eigenvalue weighted by molar-refractivity contribution is -0.149. The molecule has 0 saturated heterocycles. The molecule has 0 bridgehead atoms. The van der Waals surface area contributed by atoms with Crippen molar-refractivity contribution < 1.29 is 23.2 Å². The predicted molar refractivity (Wildman–Crippen MR) is 87.2 cm³/mol. The van der Waals surface area contributed by atoms with E-state index >= 15 is 0 Å². The number of ether oxygens (including phenoxy) is 1. The van der Waals surface area contributed by atoms with Crippen molar-refractivity contribution in [3.8, 4) is 11.3 Å². The van der Waals surface area contributed by atoms with E-state index in [1.54, 1.807) is 12.1 Å². The number of esters is 1. The quantitative estimate of drug-likeness (QED) is 0.861. The number of carbonyl (C=O) groups excluding carboxylic acids is 2. The number of nitrogens with one attached hydrogen (secondary N) is 1. The van der Waals surface area contributed by atoms with Crippen molar-refractivity contribution in [2.45, 2.75) is 37.6 Å². The van der Waals surface area contributed by atoms with Crippen LogP contribution in [0.4, 0.5) is 4.39 Å². The van der Waals surface area contributed by atoms with Gasteiger partial charge in [-0.25, -0.2) is 9.18 Å². The summed E-state index contributed by atoms with van der Waals surface area (Å²) in [6, 6.07) is 7.27. The fourth-order valence-electron chi connectivity index (χ4n) is 3.18. The highest BCUT2D eigenvalue weighted by Gasteiger charge is 2.42. The van der Waals surface area contributed by atoms with Crippen LogP contribution in [-0.4, -0.2) is 29.7 Å². The lowest BCUT2D eigenvalue weighted by Crippen LogP contribution is -2.56. The minimum Gasteiger partial charge on any atom is -0.467 e. The number of hydrogen-bond acceptors (Lipinski definition) is 5. The van der Waals surface area contributed by atoms with E-state index < -0.39 is 23.2 Å². The number of hydrogen-bond donors (Lipinski definition) is 1. The summed E-state index contributed by atoms with van der Waals surface area (Å²) in [4.78, 5) is 24.7. The Morgan fingerprint density at radius 3 is 2.68 bits per heavy atom. The smallest absolute Gasteiger partial charge is 0.331 e. The largest absolute Gasteiger partial charge is 0.467 e. The van der Waals surface area contributed by atoms with Crippen molar-refractivity contribution in [1.82, 2.24) is 10.5 Å². The van der Waals surface area contributed by atoms with Crippen LogP contribution in [-0.2, 0) is 9.53 Å². The molecule has 6 nitrogen and oxygen atoms in total. The van der Waals surface area contributed by atoms with Crippen molar-refractivity contribution in [3.63, 3.8) is 0 Å². The second-order valence-corrected chi connectivity index (χ2v) is 6.18. The zero-order valence-corrected chi connectivity index (χ0v) is 13.9. The SMILES string of the molecule is COC(=O)C1(NC(=O)c2cc(-c3cccc(F)c3)no2)CCCCC1. The zero-order valence-electron chi connectivity index (χ0n) is 13.9. The molecule has 2 aromatic rings. The molecule has 0 spiro atoms. The third kappa shape index (κ3) is 3.55. The summed E-state index contributed by atoms with van der Waals surface area (Å²) in [5.41, 5.74) is -0.181. The van der Waals surface area contributed by atoms with Crippen molar-refractivity contribution >= 4 is 11.9 Å². The van der Waals surface area contributed by atoms with Gasteiger partial charge in [0.05, 0.1) is 7.11 Å². The average Bonchev–Trinajstić information content (AvgIpc) is 3.12. The number of nitrogens with zero attached hydrogens (tertiary/aromatic N) is 1. The van der Waals surface area contributed by atoms with Crippen molar-refractivity contribution in [3.05, 3.63) is 41.9 Å². The standard InChI is InChI=1S/C18H19FN2O4/c1-24-17(23)18(8-3-2-4-9-18)20-16(22)15-11-14(21-25-15)12-6-5-7-13(19)10-12/h5-7,10-11H,2-4,8-9H2,1H3,(H,20,22). The highest BCUT2D eigenvalue weighted by Crippen LogP contribution is 2.30. The average molecular weight is 346 g/mol. The van der Waals surface area contributed by atoms with E-state index in [1.165, 1.54) is 25.3 Å². The highest BCUT2D eigenvalue weighted by molar-refractivity contribution is 5.96. The van der Waals surface area contributed by atoms with Crippen LogP contribution in [0.25, 0.3) is 11.3 Å². The molecule has 1 fully saturated rings. The third-order valence-corrected chi connectivity index (χ3v) is 4.49. The van der Waals surface area contributed by atoms with Crippen LogP contribution < -0.4 is 5.32 Å². The van der Waals surface area contributed by atoms with Crippen LogP contribution in [0.5, 0.6) is 0 Å². The molecule has 1 amide bonds. The summed E-state index contributed by atoms with van der Waals surface area (Å²) >= 11 is 0. The molecule has 1 aliphatic rings. The van der Waals surface area contributed by atoms with E-state index in [4.69, 9.17) is 9.26 Å². The van der Waals surface area contributed by atoms with E-state index in [9.17, 15) is 14.0 Å². The minimum atomic E-state index is -1.03. The first-order valence-corrected chi connectivity index (χ1v) is 8.18. The first-order chi connectivity index (χ1) is 12.0. The van der Waals surface area contributed by atoms with Gasteiger partial charge in [0.25, 0.3) is 5.91 Å². The maximum atomic E-state index is 13.3. The van der Waals surface area contributed by atoms with Crippen LogP contribution >= 0.6 is 0 Å². The lowest BCUT2D eigenvalue weighted by Gasteiger charge is -2.34. The summed E-state index contributed by atoms with van der Waals surface area (Å²) in [5, 5.41) is 6.57. The van der Waals surface area contributed by atoms with Gasteiger partial charge in [-0.2, -0.15) is 0 Å². The molecular formula is C18H19FN2O4. The molecule has 1 aromatic heterocycles. The summed E-state index contributed by atoms with van der Waals surface area (Å²) < 4.78 is 23.3. The number of halogens is 1. The van der Waals surface area contributed by atoms with E-state index in [1.807, 2.05) is 0 Å². The molecule has 132 valence electrons. The van der Waals surface area contributed by atoms with Crippen molar-refractivity contribution in [2.75, 3.05) is 7.11 Å². The number of benzene rings is 1. The van der Waals surface area contributed by atoms with Gasteiger partial charge < -0.3 is 14.6 Å². The van der Waals surface area contributed by atoms with E-state index in [0.29, 0.717) is 24.1 Å². The molecule has 1 N–H and O–H groups in total. The topological polar surface area (TPSA) is 81.4 Å². The van der Waals surface area contributed by atoms with Crippen molar-refractivity contribution in [1.29, 1.82) is 0 Å². The number of rotatable bonds is 4. The van der Waals surface area contributed by atoms with Gasteiger partial charge in [-0.1, -0.05) is 36.6 Å². The van der Waals surface area contributed by atoms with Gasteiger partial charge in [0.15, 0.2) is 0 Å². The Bertz CT molecular complexity index is 781. The Kier molecular flexibility index (Phi) is 4.83. The van der Waals surface area contributed by atoms with Gasteiger partial charge in [0.2, 0.25) is 5.76 Å². The van der Waals surface area contributed by atoms with E-state index in [-0.39, 0.29) is 5.76 Å². The molecule has 0 aliphatic heterocycles.